The van der Waals surface area contributed by atoms with Gasteiger partial charge in [0.05, 0.1) is 35.3 Å². The van der Waals surface area contributed by atoms with Gasteiger partial charge in [-0.15, -0.1) is 0 Å². The fourth-order valence-corrected chi connectivity index (χ4v) is 5.69. The molecule has 3 aromatic rings. The van der Waals surface area contributed by atoms with Crippen LogP contribution in [0.2, 0.25) is 0 Å². The first-order valence-electron chi connectivity index (χ1n) is 13.1. The number of anilines is 2. The molecule has 0 spiro atoms. The molecule has 3 amide bonds. The average Bonchev–Trinajstić information content (AvgIpc) is 2.95. The van der Waals surface area contributed by atoms with Gasteiger partial charge in [0, 0.05) is 25.2 Å². The number of hydrogen-bond donors (Lipinski definition) is 3. The van der Waals surface area contributed by atoms with Gasteiger partial charge in [0.15, 0.2) is 5.75 Å². The minimum absolute atomic E-state index is 0.0778. The standard InChI is InChI=1S/C29H33FN4O6S/c1-19-16-34(20(2)18-35)28(36)24-10-7-11-25(32-29(37)31-22-8-5-4-6-9-22)27(24)40-26(19)17-33(3)41(38,39)23-14-12-21(30)13-15-23/h4-15,19-20,26,35H,16-18H2,1-3H3,(H2,31,32,37)/t19-,20+,26+/m1/s1. The molecule has 3 aromatic carbocycles. The average molecular weight is 585 g/mol. The Morgan fingerprint density at radius 2 is 1.78 bits per heavy atom. The summed E-state index contributed by atoms with van der Waals surface area (Å²) in [4.78, 5) is 27.9. The predicted molar refractivity (Wildman–Crippen MR) is 153 cm³/mol. The van der Waals surface area contributed by atoms with Crippen LogP contribution < -0.4 is 15.4 Å². The third-order valence-corrected chi connectivity index (χ3v) is 8.77. The van der Waals surface area contributed by atoms with Crippen molar-refractivity contribution >= 4 is 33.3 Å². The number of aliphatic hydroxyl groups excluding tert-OH is 1. The molecule has 4 rings (SSSR count). The number of halogens is 1. The first-order chi connectivity index (χ1) is 19.5. The number of amides is 3. The Kier molecular flexibility index (Phi) is 9.26. The van der Waals surface area contributed by atoms with Crippen molar-refractivity contribution in [2.75, 3.05) is 37.4 Å². The quantitative estimate of drug-likeness (QED) is 0.367. The van der Waals surface area contributed by atoms with E-state index in [1.165, 1.54) is 24.1 Å². The molecule has 41 heavy (non-hydrogen) atoms. The number of rotatable bonds is 8. The van der Waals surface area contributed by atoms with Crippen LogP contribution in [-0.2, 0) is 10.0 Å². The highest BCUT2D eigenvalue weighted by Gasteiger charge is 2.36. The van der Waals surface area contributed by atoms with Crippen molar-refractivity contribution in [1.29, 1.82) is 0 Å². The molecule has 0 aromatic heterocycles. The fourth-order valence-electron chi connectivity index (χ4n) is 4.50. The van der Waals surface area contributed by atoms with Gasteiger partial charge in [-0.3, -0.25) is 4.79 Å². The maximum absolute atomic E-state index is 13.6. The van der Waals surface area contributed by atoms with Gasteiger partial charge in [0.1, 0.15) is 11.9 Å². The minimum Gasteiger partial charge on any atom is -0.486 e. The largest absolute Gasteiger partial charge is 0.486 e. The maximum atomic E-state index is 13.6. The lowest BCUT2D eigenvalue weighted by Crippen LogP contribution is -2.50. The molecule has 1 aliphatic rings. The zero-order valence-electron chi connectivity index (χ0n) is 23.0. The molecule has 3 atom stereocenters. The van der Waals surface area contributed by atoms with Crippen molar-refractivity contribution in [1.82, 2.24) is 9.21 Å². The second kappa shape index (κ2) is 12.7. The Morgan fingerprint density at radius 1 is 1.10 bits per heavy atom. The van der Waals surface area contributed by atoms with Crippen LogP contribution in [0, 0.1) is 11.7 Å². The zero-order valence-corrected chi connectivity index (χ0v) is 23.8. The van der Waals surface area contributed by atoms with Crippen LogP contribution in [-0.4, -0.2) is 73.6 Å². The maximum Gasteiger partial charge on any atom is 0.323 e. The molecular weight excluding hydrogens is 551 g/mol. The molecule has 0 bridgehead atoms. The van der Waals surface area contributed by atoms with Crippen molar-refractivity contribution < 1.29 is 32.2 Å². The van der Waals surface area contributed by atoms with Gasteiger partial charge in [-0.2, -0.15) is 4.31 Å². The number of para-hydroxylation sites is 2. The van der Waals surface area contributed by atoms with Gasteiger partial charge in [-0.1, -0.05) is 31.2 Å². The highest BCUT2D eigenvalue weighted by Crippen LogP contribution is 2.35. The minimum atomic E-state index is -4.00. The number of carbonyl (C=O) groups excluding carboxylic acids is 2. The Morgan fingerprint density at radius 3 is 2.44 bits per heavy atom. The first-order valence-corrected chi connectivity index (χ1v) is 14.5. The van der Waals surface area contributed by atoms with E-state index in [0.29, 0.717) is 5.69 Å². The van der Waals surface area contributed by atoms with E-state index in [0.717, 1.165) is 16.4 Å². The topological polar surface area (TPSA) is 128 Å². The third kappa shape index (κ3) is 6.84. The molecule has 0 unspecified atom stereocenters. The summed E-state index contributed by atoms with van der Waals surface area (Å²) in [6.07, 6.45) is -0.768. The fraction of sp³-hybridized carbons (Fsp3) is 0.310. The van der Waals surface area contributed by atoms with Crippen LogP contribution in [0.25, 0.3) is 0 Å². The number of aliphatic hydroxyl groups is 1. The van der Waals surface area contributed by atoms with Crippen molar-refractivity contribution in [2.24, 2.45) is 5.92 Å². The molecule has 0 saturated heterocycles. The van der Waals surface area contributed by atoms with Crippen molar-refractivity contribution in [2.45, 2.75) is 30.9 Å². The number of likely N-dealkylation sites (N-methyl/N-ethyl adjacent to an activating group) is 1. The van der Waals surface area contributed by atoms with E-state index in [2.05, 4.69) is 10.6 Å². The molecule has 12 heteroatoms. The number of nitrogens with one attached hydrogen (secondary N) is 2. The molecule has 3 N–H and O–H groups in total. The lowest BCUT2D eigenvalue weighted by atomic mass is 9.99. The Hall–Kier alpha value is -4.00. The molecule has 0 radical (unpaired) electrons. The summed E-state index contributed by atoms with van der Waals surface area (Å²) in [5.74, 6) is -1.26. The lowest BCUT2D eigenvalue weighted by molar-refractivity contribution is 0.0389. The molecule has 0 fully saturated rings. The van der Waals surface area contributed by atoms with E-state index < -0.39 is 45.8 Å². The van der Waals surface area contributed by atoms with E-state index in [1.54, 1.807) is 49.4 Å². The van der Waals surface area contributed by atoms with Crippen LogP contribution in [0.3, 0.4) is 0 Å². The normalized spacial score (nSPS) is 18.1. The summed E-state index contributed by atoms with van der Waals surface area (Å²) in [5, 5.41) is 15.3. The molecule has 0 aliphatic carbocycles. The van der Waals surface area contributed by atoms with E-state index in [4.69, 9.17) is 4.74 Å². The number of nitrogens with zero attached hydrogens (tertiary/aromatic N) is 2. The molecular formula is C29H33FN4O6S. The van der Waals surface area contributed by atoms with E-state index >= 15 is 0 Å². The number of benzene rings is 3. The summed E-state index contributed by atoms with van der Waals surface area (Å²) >= 11 is 0. The molecule has 1 heterocycles. The van der Waals surface area contributed by atoms with Gasteiger partial charge in [0.2, 0.25) is 10.0 Å². The third-order valence-electron chi connectivity index (χ3n) is 6.93. The Labute approximate surface area is 238 Å². The van der Waals surface area contributed by atoms with Crippen LogP contribution >= 0.6 is 0 Å². The number of hydrogen-bond acceptors (Lipinski definition) is 6. The van der Waals surface area contributed by atoms with Crippen molar-refractivity contribution in [3.63, 3.8) is 0 Å². The number of fused-ring (bicyclic) bond motifs is 1. The van der Waals surface area contributed by atoms with Crippen molar-refractivity contribution in [3.8, 4) is 5.75 Å². The Bertz CT molecular complexity index is 1490. The van der Waals surface area contributed by atoms with Gasteiger partial charge < -0.3 is 25.4 Å². The van der Waals surface area contributed by atoms with Crippen LogP contribution in [0.4, 0.5) is 20.6 Å². The molecule has 10 nitrogen and oxygen atoms in total. The number of ether oxygens (including phenoxy) is 1. The summed E-state index contributed by atoms with van der Waals surface area (Å²) in [6.45, 7) is 3.32. The van der Waals surface area contributed by atoms with Crippen LogP contribution in [0.1, 0.15) is 24.2 Å². The lowest BCUT2D eigenvalue weighted by Gasteiger charge is -2.38. The van der Waals surface area contributed by atoms with Gasteiger partial charge in [-0.05, 0) is 55.5 Å². The second-order valence-corrected chi connectivity index (χ2v) is 12.0. The zero-order chi connectivity index (χ0) is 29.7. The van der Waals surface area contributed by atoms with Crippen LogP contribution in [0.15, 0.2) is 77.7 Å². The SMILES string of the molecule is C[C@@H]1CN([C@@H](C)CO)C(=O)c2cccc(NC(=O)Nc3ccccc3)c2O[C@H]1CN(C)S(=O)(=O)c1ccc(F)cc1. The summed E-state index contributed by atoms with van der Waals surface area (Å²) in [6, 6.07) is 17.0. The first kappa shape index (κ1) is 30.0. The van der Waals surface area contributed by atoms with Gasteiger partial charge in [-0.25, -0.2) is 17.6 Å². The summed E-state index contributed by atoms with van der Waals surface area (Å²) < 4.78 is 47.4. The van der Waals surface area contributed by atoms with Gasteiger partial charge in [0.25, 0.3) is 5.91 Å². The predicted octanol–water partition coefficient (Wildman–Crippen LogP) is 4.01. The van der Waals surface area contributed by atoms with Crippen LogP contribution in [0.5, 0.6) is 5.75 Å². The highest BCUT2D eigenvalue weighted by molar-refractivity contribution is 7.89. The van der Waals surface area contributed by atoms with Crippen molar-refractivity contribution in [3.05, 3.63) is 84.2 Å². The molecule has 218 valence electrons. The van der Waals surface area contributed by atoms with E-state index in [9.17, 15) is 27.5 Å². The number of urea groups is 1. The van der Waals surface area contributed by atoms with E-state index in [-0.39, 0.29) is 41.6 Å². The number of sulfonamides is 1. The monoisotopic (exact) mass is 584 g/mol. The summed E-state index contributed by atoms with van der Waals surface area (Å²) in [5.41, 5.74) is 0.927. The summed E-state index contributed by atoms with van der Waals surface area (Å²) in [7, 11) is -2.61. The number of carbonyl (C=O) groups is 2. The smallest absolute Gasteiger partial charge is 0.323 e. The van der Waals surface area contributed by atoms with Gasteiger partial charge >= 0.3 is 6.03 Å². The molecule has 0 saturated carbocycles. The van der Waals surface area contributed by atoms with E-state index in [1.807, 2.05) is 13.0 Å². The molecule has 1 aliphatic heterocycles. The Balaban J connectivity index is 1.68. The highest BCUT2D eigenvalue weighted by atomic mass is 32.2. The second-order valence-electron chi connectivity index (χ2n) is 9.99.